The van der Waals surface area contributed by atoms with Crippen molar-refractivity contribution in [1.29, 1.82) is 0 Å². The van der Waals surface area contributed by atoms with Crippen molar-refractivity contribution in [3.05, 3.63) is 0 Å². The van der Waals surface area contributed by atoms with Crippen LogP contribution in [0, 0.1) is 5.41 Å². The van der Waals surface area contributed by atoms with Crippen LogP contribution in [0.3, 0.4) is 0 Å². The Bertz CT molecular complexity index is 346. The number of alkyl halides is 1. The summed E-state index contributed by atoms with van der Waals surface area (Å²) in [6.45, 7) is 7.51. The van der Waals surface area contributed by atoms with E-state index >= 15 is 0 Å². The second-order valence-electron chi connectivity index (χ2n) is 5.98. The minimum Gasteiger partial charge on any atom is -0.198 e. The predicted octanol–water partition coefficient (Wildman–Crippen LogP) is 2.51. The molecule has 108 valence electrons. The molecule has 6 heteroatoms. The van der Waals surface area contributed by atoms with Crippen LogP contribution < -0.4 is 4.72 Å². The van der Waals surface area contributed by atoms with Gasteiger partial charge in [-0.15, -0.1) is 0 Å². The van der Waals surface area contributed by atoms with Crippen LogP contribution in [0.25, 0.3) is 0 Å². The minimum atomic E-state index is -3.33. The van der Waals surface area contributed by atoms with Crippen molar-refractivity contribution in [3.8, 4) is 0 Å². The van der Waals surface area contributed by atoms with Gasteiger partial charge in [0, 0.05) is 24.5 Å². The average Bonchev–Trinajstić information content (AvgIpc) is 2.28. The number of hydrogen-bond acceptors (Lipinski definition) is 2. The summed E-state index contributed by atoms with van der Waals surface area (Å²) in [6.07, 6.45) is 3.88. The molecule has 1 saturated heterocycles. The van der Waals surface area contributed by atoms with Crippen LogP contribution in [-0.4, -0.2) is 37.2 Å². The first kappa shape index (κ1) is 16.4. The molecule has 0 aromatic rings. The monoisotopic (exact) mass is 340 g/mol. The van der Waals surface area contributed by atoms with E-state index in [1.165, 1.54) is 0 Å². The Balaban J connectivity index is 2.72. The zero-order valence-corrected chi connectivity index (χ0v) is 14.0. The van der Waals surface area contributed by atoms with Gasteiger partial charge < -0.3 is 0 Å². The van der Waals surface area contributed by atoms with Gasteiger partial charge in [0.05, 0.1) is 0 Å². The van der Waals surface area contributed by atoms with Crippen molar-refractivity contribution >= 4 is 26.1 Å². The molecule has 0 aromatic carbocycles. The molecule has 0 aromatic heterocycles. The van der Waals surface area contributed by atoms with Crippen molar-refractivity contribution < 1.29 is 8.42 Å². The Morgan fingerprint density at radius 1 is 1.22 bits per heavy atom. The van der Waals surface area contributed by atoms with Crippen molar-refractivity contribution in [2.75, 3.05) is 18.4 Å². The normalized spacial score (nSPS) is 20.9. The third-order valence-corrected chi connectivity index (χ3v) is 5.47. The maximum atomic E-state index is 12.3. The number of rotatable bonds is 5. The van der Waals surface area contributed by atoms with Crippen LogP contribution in [0.2, 0.25) is 0 Å². The lowest BCUT2D eigenvalue weighted by atomic mass is 9.86. The first-order valence-corrected chi connectivity index (χ1v) is 9.17. The minimum absolute atomic E-state index is 0.0381. The summed E-state index contributed by atoms with van der Waals surface area (Å²) < 4.78 is 29.1. The molecule has 1 unspecified atom stereocenters. The van der Waals surface area contributed by atoms with Crippen molar-refractivity contribution in [2.45, 2.75) is 52.5 Å². The molecule has 1 aliphatic heterocycles. The van der Waals surface area contributed by atoms with E-state index in [9.17, 15) is 8.42 Å². The lowest BCUT2D eigenvalue weighted by Gasteiger charge is -2.34. The molecule has 18 heavy (non-hydrogen) atoms. The molecule has 1 atom stereocenters. The highest BCUT2D eigenvalue weighted by Crippen LogP contribution is 2.24. The van der Waals surface area contributed by atoms with Gasteiger partial charge in [-0.3, -0.25) is 0 Å². The van der Waals surface area contributed by atoms with Gasteiger partial charge in [0.1, 0.15) is 0 Å². The molecular weight excluding hydrogens is 316 g/mol. The number of nitrogens with one attached hydrogen (secondary N) is 1. The van der Waals surface area contributed by atoms with Crippen LogP contribution in [-0.2, 0) is 10.2 Å². The molecule has 0 amide bonds. The fraction of sp³-hybridized carbons (Fsp3) is 1.00. The Labute approximate surface area is 120 Å². The van der Waals surface area contributed by atoms with E-state index in [0.717, 1.165) is 31.0 Å². The Hall–Kier alpha value is 0.350. The SMILES string of the molecule is CC(C)(C)C(CCBr)NS(=O)(=O)N1CCCCC1. The Morgan fingerprint density at radius 3 is 2.22 bits per heavy atom. The molecule has 4 nitrogen and oxygen atoms in total. The van der Waals surface area contributed by atoms with E-state index in [-0.39, 0.29) is 11.5 Å². The third kappa shape index (κ3) is 4.79. The molecule has 0 saturated carbocycles. The number of hydrogen-bond donors (Lipinski definition) is 1. The molecule has 0 spiro atoms. The lowest BCUT2D eigenvalue weighted by molar-refractivity contribution is 0.278. The topological polar surface area (TPSA) is 49.4 Å². The van der Waals surface area contributed by atoms with Crippen LogP contribution in [0.1, 0.15) is 46.5 Å². The third-order valence-electron chi connectivity index (χ3n) is 3.39. The fourth-order valence-corrected chi connectivity index (χ4v) is 4.31. The fourth-order valence-electron chi connectivity index (χ4n) is 2.14. The van der Waals surface area contributed by atoms with E-state index in [2.05, 4.69) is 41.4 Å². The van der Waals surface area contributed by atoms with E-state index in [4.69, 9.17) is 0 Å². The molecule has 1 fully saturated rings. The molecular formula is C12H25BrN2O2S. The first-order chi connectivity index (χ1) is 8.27. The van der Waals surface area contributed by atoms with Crippen LogP contribution in [0.15, 0.2) is 0 Å². The summed E-state index contributed by atoms with van der Waals surface area (Å²) in [5, 5.41) is 0.803. The van der Waals surface area contributed by atoms with Gasteiger partial charge in [-0.05, 0) is 24.7 Å². The van der Waals surface area contributed by atoms with Gasteiger partial charge in [-0.1, -0.05) is 43.1 Å². The van der Waals surface area contributed by atoms with E-state index in [1.807, 2.05) is 0 Å². The molecule has 1 N–H and O–H groups in total. The molecule has 0 bridgehead atoms. The van der Waals surface area contributed by atoms with Crippen molar-refractivity contribution in [3.63, 3.8) is 0 Å². The van der Waals surface area contributed by atoms with E-state index in [0.29, 0.717) is 13.1 Å². The zero-order valence-electron chi connectivity index (χ0n) is 11.6. The second kappa shape index (κ2) is 6.68. The number of halogens is 1. The van der Waals surface area contributed by atoms with Crippen LogP contribution >= 0.6 is 15.9 Å². The van der Waals surface area contributed by atoms with E-state index < -0.39 is 10.2 Å². The van der Waals surface area contributed by atoms with E-state index in [1.54, 1.807) is 4.31 Å². The summed E-state index contributed by atoms with van der Waals surface area (Å²) >= 11 is 3.40. The molecule has 1 rings (SSSR count). The molecule has 0 radical (unpaired) electrons. The Morgan fingerprint density at radius 2 is 1.78 bits per heavy atom. The van der Waals surface area contributed by atoms with Gasteiger partial charge in [0.2, 0.25) is 0 Å². The van der Waals surface area contributed by atoms with Crippen molar-refractivity contribution in [1.82, 2.24) is 9.03 Å². The van der Waals surface area contributed by atoms with Gasteiger partial charge in [-0.2, -0.15) is 17.4 Å². The maximum absolute atomic E-state index is 12.3. The summed E-state index contributed by atoms with van der Waals surface area (Å²) in [7, 11) is -3.33. The highest BCUT2D eigenvalue weighted by atomic mass is 79.9. The van der Waals surface area contributed by atoms with Gasteiger partial charge in [0.15, 0.2) is 0 Å². The van der Waals surface area contributed by atoms with Gasteiger partial charge in [0.25, 0.3) is 10.2 Å². The molecule has 1 aliphatic rings. The van der Waals surface area contributed by atoms with Gasteiger partial charge in [-0.25, -0.2) is 0 Å². The standard InChI is InChI=1S/C12H25BrN2O2S/c1-12(2,3)11(7-8-13)14-18(16,17)15-9-5-4-6-10-15/h11,14H,4-10H2,1-3H3. The largest absolute Gasteiger partial charge is 0.279 e. The lowest BCUT2D eigenvalue weighted by Crippen LogP contribution is -2.51. The summed E-state index contributed by atoms with van der Waals surface area (Å²) in [6, 6.07) is -0.0381. The smallest absolute Gasteiger partial charge is 0.198 e. The zero-order chi connectivity index (χ0) is 13.8. The molecule has 1 heterocycles. The quantitative estimate of drug-likeness (QED) is 0.781. The van der Waals surface area contributed by atoms with Gasteiger partial charge >= 0.3 is 0 Å². The summed E-state index contributed by atoms with van der Waals surface area (Å²) in [5.74, 6) is 0. The maximum Gasteiger partial charge on any atom is 0.279 e. The number of nitrogens with zero attached hydrogens (tertiary/aromatic N) is 1. The first-order valence-electron chi connectivity index (χ1n) is 6.61. The van der Waals surface area contributed by atoms with Crippen LogP contribution in [0.5, 0.6) is 0 Å². The van der Waals surface area contributed by atoms with Crippen LogP contribution in [0.4, 0.5) is 0 Å². The predicted molar refractivity (Wildman–Crippen MR) is 79.1 cm³/mol. The number of piperidine rings is 1. The summed E-state index contributed by atoms with van der Waals surface area (Å²) in [4.78, 5) is 0. The highest BCUT2D eigenvalue weighted by Gasteiger charge is 2.31. The molecule has 0 aliphatic carbocycles. The van der Waals surface area contributed by atoms with Crippen molar-refractivity contribution in [2.24, 2.45) is 5.41 Å². The average molecular weight is 341 g/mol. The Kier molecular flexibility index (Phi) is 6.09. The second-order valence-corrected chi connectivity index (χ2v) is 8.47. The summed E-state index contributed by atoms with van der Waals surface area (Å²) in [5.41, 5.74) is -0.0728. The highest BCUT2D eigenvalue weighted by molar-refractivity contribution is 9.09.